The minimum atomic E-state index is -4.75. The molecule has 0 bridgehead atoms. The average molecular weight is 545 g/mol. The number of hydrogen-bond donors (Lipinski definition) is 0. The van der Waals surface area contributed by atoms with Crippen molar-refractivity contribution in [3.8, 4) is 0 Å². The second-order valence-corrected chi connectivity index (χ2v) is 11.2. The molecule has 2 aliphatic heterocycles. The number of rotatable bonds is 4. The molecule has 37 heavy (non-hydrogen) atoms. The van der Waals surface area contributed by atoms with Crippen LogP contribution < -0.4 is 0 Å². The highest BCUT2D eigenvalue weighted by Crippen LogP contribution is 2.32. The number of piperazine rings is 1. The summed E-state index contributed by atoms with van der Waals surface area (Å²) in [6.45, 7) is 2.29. The van der Waals surface area contributed by atoms with Crippen LogP contribution in [0.4, 0.5) is 22.4 Å². The molecule has 2 aliphatic rings. The number of hydrogen-bond acceptors (Lipinski definition) is 4. The molecule has 2 aromatic rings. The van der Waals surface area contributed by atoms with Crippen LogP contribution >= 0.6 is 0 Å². The van der Waals surface area contributed by atoms with Crippen molar-refractivity contribution in [2.24, 2.45) is 0 Å². The summed E-state index contributed by atoms with van der Waals surface area (Å²) in [6, 6.07) is 14.8. The second-order valence-electron chi connectivity index (χ2n) is 9.20. The van der Waals surface area contributed by atoms with Crippen LogP contribution in [0.5, 0.6) is 0 Å². The van der Waals surface area contributed by atoms with Gasteiger partial charge in [-0.2, -0.15) is 17.5 Å². The summed E-state index contributed by atoms with van der Waals surface area (Å²) in [6.07, 6.45) is -2.95. The molecular formula is C25H32F4N4O3S. The smallest absolute Gasteiger partial charge is 0.323 e. The molecule has 4 rings (SSSR count). The first-order valence-corrected chi connectivity index (χ1v) is 13.8. The molecule has 2 saturated heterocycles. The number of alkyl halides is 3. The van der Waals surface area contributed by atoms with Crippen molar-refractivity contribution in [3.05, 3.63) is 71.5 Å². The Hall–Kier alpha value is -2.70. The van der Waals surface area contributed by atoms with Gasteiger partial charge in [0.2, 0.25) is 10.0 Å². The monoisotopic (exact) mass is 544 g/mol. The molecule has 204 valence electrons. The molecule has 0 radical (unpaired) electrons. The number of carbonyl (C=O) groups is 1. The van der Waals surface area contributed by atoms with E-state index in [9.17, 15) is 30.8 Å². The number of likely N-dealkylation sites (N-methyl/N-ethyl adjacent to an activating group) is 1. The van der Waals surface area contributed by atoms with Crippen LogP contribution in [0, 0.1) is 5.82 Å². The largest absolute Gasteiger partial charge is 0.419 e. The van der Waals surface area contributed by atoms with Gasteiger partial charge in [0.25, 0.3) is 0 Å². The predicted octanol–water partition coefficient (Wildman–Crippen LogP) is 3.73. The number of sulfonamides is 1. The van der Waals surface area contributed by atoms with Crippen molar-refractivity contribution >= 4 is 16.1 Å². The maximum atomic E-state index is 13.5. The molecule has 2 heterocycles. The van der Waals surface area contributed by atoms with Gasteiger partial charge in [-0.3, -0.25) is 4.90 Å². The van der Waals surface area contributed by atoms with Gasteiger partial charge in [-0.1, -0.05) is 42.5 Å². The quantitative estimate of drug-likeness (QED) is 0.551. The average Bonchev–Trinajstić information content (AvgIpc) is 3.36. The topological polar surface area (TPSA) is 64.2 Å². The van der Waals surface area contributed by atoms with Crippen LogP contribution in [-0.4, -0.2) is 92.1 Å². The maximum Gasteiger partial charge on any atom is 0.419 e. The Morgan fingerprint density at radius 3 is 2.05 bits per heavy atom. The summed E-state index contributed by atoms with van der Waals surface area (Å²) in [4.78, 5) is 17.9. The van der Waals surface area contributed by atoms with E-state index < -0.39 is 27.6 Å². The lowest BCUT2D eigenvalue weighted by Gasteiger charge is -2.35. The van der Waals surface area contributed by atoms with Crippen LogP contribution in [0.3, 0.4) is 0 Å². The summed E-state index contributed by atoms with van der Waals surface area (Å²) in [5, 5.41) is 0. The summed E-state index contributed by atoms with van der Waals surface area (Å²) >= 11 is 0. The van der Waals surface area contributed by atoms with Crippen LogP contribution in [0.15, 0.2) is 54.6 Å². The Bertz CT molecular complexity index is 1110. The number of likely N-dealkylation sites (tertiary alicyclic amines) is 1. The Morgan fingerprint density at radius 2 is 1.54 bits per heavy atom. The minimum absolute atomic E-state index is 0.0411. The van der Waals surface area contributed by atoms with E-state index in [1.54, 1.807) is 16.8 Å². The summed E-state index contributed by atoms with van der Waals surface area (Å²) in [5.41, 5.74) is -0.937. The molecule has 0 aromatic heterocycles. The number of halogens is 4. The number of carbonyl (C=O) groups excluding carboxylic acids is 1. The molecule has 0 spiro atoms. The van der Waals surface area contributed by atoms with Crippen LogP contribution in [0.25, 0.3) is 0 Å². The predicted molar refractivity (Wildman–Crippen MR) is 133 cm³/mol. The van der Waals surface area contributed by atoms with E-state index in [4.69, 9.17) is 0 Å². The van der Waals surface area contributed by atoms with E-state index in [1.165, 1.54) is 10.4 Å². The lowest BCUT2D eigenvalue weighted by atomic mass is 10.1. The van der Waals surface area contributed by atoms with Gasteiger partial charge in [0.15, 0.2) is 0 Å². The molecule has 12 heteroatoms. The first-order chi connectivity index (χ1) is 17.4. The molecule has 2 amide bonds. The third kappa shape index (κ3) is 8.14. The first-order valence-electron chi connectivity index (χ1n) is 11.9. The minimum Gasteiger partial charge on any atom is -0.323 e. The van der Waals surface area contributed by atoms with Crippen LogP contribution in [0.2, 0.25) is 0 Å². The third-order valence-electron chi connectivity index (χ3n) is 6.47. The van der Waals surface area contributed by atoms with E-state index in [2.05, 4.69) is 0 Å². The SMILES string of the molecule is CN(Cc1ccc(F)c(C(F)(F)F)c1)C1CCN(C(=O)N2CCN(S(C)(=O)=O)CC2)C1.c1ccccc1. The van der Waals surface area contributed by atoms with Gasteiger partial charge in [0.05, 0.1) is 11.8 Å². The molecule has 0 aliphatic carbocycles. The highest BCUT2D eigenvalue weighted by Gasteiger charge is 2.36. The van der Waals surface area contributed by atoms with Crippen molar-refractivity contribution in [3.63, 3.8) is 0 Å². The van der Waals surface area contributed by atoms with E-state index in [0.29, 0.717) is 38.2 Å². The zero-order chi connectivity index (χ0) is 27.2. The zero-order valence-corrected chi connectivity index (χ0v) is 21.7. The summed E-state index contributed by atoms with van der Waals surface area (Å²) in [7, 11) is -1.51. The van der Waals surface area contributed by atoms with Gasteiger partial charge in [-0.15, -0.1) is 0 Å². The zero-order valence-electron chi connectivity index (χ0n) is 20.9. The number of nitrogens with zero attached hydrogens (tertiary/aromatic N) is 4. The fourth-order valence-electron chi connectivity index (χ4n) is 4.38. The Morgan fingerprint density at radius 1 is 0.973 bits per heavy atom. The van der Waals surface area contributed by atoms with E-state index >= 15 is 0 Å². The number of amides is 2. The van der Waals surface area contributed by atoms with Crippen LogP contribution in [0.1, 0.15) is 17.5 Å². The Kier molecular flexibility index (Phi) is 9.54. The van der Waals surface area contributed by atoms with Gasteiger partial charge in [0.1, 0.15) is 5.82 Å². The van der Waals surface area contributed by atoms with Crippen molar-refractivity contribution in [1.82, 2.24) is 19.0 Å². The summed E-state index contributed by atoms with van der Waals surface area (Å²) in [5.74, 6) is -1.30. The lowest BCUT2D eigenvalue weighted by molar-refractivity contribution is -0.140. The second kappa shape index (κ2) is 12.2. The summed E-state index contributed by atoms with van der Waals surface area (Å²) < 4.78 is 76.8. The Labute approximate surface area is 215 Å². The van der Waals surface area contributed by atoms with Crippen molar-refractivity contribution in [2.75, 3.05) is 52.6 Å². The number of benzene rings is 2. The fraction of sp³-hybridized carbons (Fsp3) is 0.480. The molecule has 1 atom stereocenters. The lowest BCUT2D eigenvalue weighted by Crippen LogP contribution is -2.53. The van der Waals surface area contributed by atoms with E-state index in [0.717, 1.165) is 18.4 Å². The van der Waals surface area contributed by atoms with Crippen molar-refractivity contribution in [2.45, 2.75) is 25.2 Å². The molecule has 1 unspecified atom stereocenters. The molecule has 0 N–H and O–H groups in total. The van der Waals surface area contributed by atoms with Crippen molar-refractivity contribution < 1.29 is 30.8 Å². The maximum absolute atomic E-state index is 13.5. The van der Waals surface area contributed by atoms with Gasteiger partial charge in [-0.05, 0) is 31.2 Å². The fourth-order valence-corrected chi connectivity index (χ4v) is 5.20. The highest BCUT2D eigenvalue weighted by molar-refractivity contribution is 7.88. The molecule has 2 fully saturated rings. The standard InChI is InChI=1S/C19H26F4N4O3S.C6H6/c1-24(12-14-3-4-17(20)16(11-14)19(21,22)23)15-5-6-26(13-15)18(28)25-7-9-27(10-8-25)31(2,29)30;1-2-4-6-5-3-1/h3-4,11,15H,5-10,12-13H2,1-2H3;1-6H. The van der Waals surface area contributed by atoms with Gasteiger partial charge < -0.3 is 9.80 Å². The normalized spacial score (nSPS) is 19.1. The van der Waals surface area contributed by atoms with Gasteiger partial charge in [0, 0.05) is 51.9 Å². The van der Waals surface area contributed by atoms with Crippen LogP contribution in [-0.2, 0) is 22.7 Å². The molecule has 0 saturated carbocycles. The first kappa shape index (κ1) is 28.9. The molecular weight excluding hydrogens is 512 g/mol. The van der Waals surface area contributed by atoms with Gasteiger partial charge in [-0.25, -0.2) is 17.6 Å². The third-order valence-corrected chi connectivity index (χ3v) is 7.77. The van der Waals surface area contributed by atoms with E-state index in [-0.39, 0.29) is 31.7 Å². The Balaban J connectivity index is 0.000000555. The molecule has 7 nitrogen and oxygen atoms in total. The highest BCUT2D eigenvalue weighted by atomic mass is 32.2. The van der Waals surface area contributed by atoms with Crippen molar-refractivity contribution in [1.29, 1.82) is 0 Å². The van der Waals surface area contributed by atoms with Gasteiger partial charge >= 0.3 is 12.2 Å². The molecule has 2 aromatic carbocycles. The van der Waals surface area contributed by atoms with E-state index in [1.807, 2.05) is 41.3 Å². The number of urea groups is 1.